The standard InChI is InChI=1S/C23H32N4/c1-2-12-26-15-10-21(11-16-26)24-18-20-17-19-8-4-5-9-22(19)25-23(20)27-13-6-3-7-14-27/h2,4-5,8-9,17,21,24H,1,3,6-7,10-16,18H2. The van der Waals surface area contributed by atoms with Crippen LogP contribution in [0.2, 0.25) is 0 Å². The number of piperidine rings is 2. The van der Waals surface area contributed by atoms with Crippen molar-refractivity contribution in [3.63, 3.8) is 0 Å². The molecular weight excluding hydrogens is 332 g/mol. The van der Waals surface area contributed by atoms with Crippen molar-refractivity contribution in [2.45, 2.75) is 44.7 Å². The van der Waals surface area contributed by atoms with Crippen LogP contribution in [0, 0.1) is 0 Å². The summed E-state index contributed by atoms with van der Waals surface area (Å²) < 4.78 is 0. The van der Waals surface area contributed by atoms with E-state index in [1.165, 1.54) is 62.0 Å². The Balaban J connectivity index is 1.48. The molecule has 0 saturated carbocycles. The summed E-state index contributed by atoms with van der Waals surface area (Å²) in [5.41, 5.74) is 2.46. The number of anilines is 1. The molecule has 3 heterocycles. The normalized spacial score (nSPS) is 19.5. The molecule has 2 fully saturated rings. The second kappa shape index (κ2) is 8.85. The molecule has 4 rings (SSSR count). The minimum absolute atomic E-state index is 0.603. The van der Waals surface area contributed by atoms with Gasteiger partial charge in [-0.05, 0) is 57.3 Å². The first-order chi connectivity index (χ1) is 13.3. The van der Waals surface area contributed by atoms with E-state index >= 15 is 0 Å². The molecule has 2 saturated heterocycles. The van der Waals surface area contributed by atoms with Gasteiger partial charge in [0.05, 0.1) is 5.52 Å². The SMILES string of the molecule is C=CCN1CCC(NCc2cc3ccccc3nc2N2CCCCC2)CC1. The van der Waals surface area contributed by atoms with Crippen molar-refractivity contribution in [3.8, 4) is 0 Å². The number of aromatic nitrogens is 1. The molecule has 1 aromatic heterocycles. The molecule has 0 amide bonds. The Labute approximate surface area is 163 Å². The molecule has 1 aromatic carbocycles. The lowest BCUT2D eigenvalue weighted by atomic mass is 10.0. The number of likely N-dealkylation sites (tertiary alicyclic amines) is 1. The van der Waals surface area contributed by atoms with E-state index in [0.717, 1.165) is 31.7 Å². The minimum atomic E-state index is 0.603. The Morgan fingerprint density at radius 2 is 1.85 bits per heavy atom. The monoisotopic (exact) mass is 364 g/mol. The van der Waals surface area contributed by atoms with Gasteiger partial charge in [-0.15, -0.1) is 6.58 Å². The highest BCUT2D eigenvalue weighted by Gasteiger charge is 2.20. The quantitative estimate of drug-likeness (QED) is 0.786. The molecule has 0 bridgehead atoms. The zero-order valence-corrected chi connectivity index (χ0v) is 16.4. The van der Waals surface area contributed by atoms with Gasteiger partial charge >= 0.3 is 0 Å². The Kier molecular flexibility index (Phi) is 6.05. The third kappa shape index (κ3) is 4.50. The van der Waals surface area contributed by atoms with Crippen molar-refractivity contribution in [1.29, 1.82) is 0 Å². The van der Waals surface area contributed by atoms with E-state index in [2.05, 4.69) is 52.0 Å². The second-order valence-corrected chi connectivity index (χ2v) is 7.96. The molecule has 4 nitrogen and oxygen atoms in total. The Morgan fingerprint density at radius 1 is 1.07 bits per heavy atom. The number of rotatable bonds is 6. The van der Waals surface area contributed by atoms with Gasteiger partial charge < -0.3 is 10.2 Å². The number of fused-ring (bicyclic) bond motifs is 1. The summed E-state index contributed by atoms with van der Waals surface area (Å²) in [7, 11) is 0. The predicted molar refractivity (Wildman–Crippen MR) is 114 cm³/mol. The maximum absolute atomic E-state index is 5.07. The second-order valence-electron chi connectivity index (χ2n) is 7.96. The van der Waals surface area contributed by atoms with Crippen LogP contribution in [0.5, 0.6) is 0 Å². The maximum Gasteiger partial charge on any atom is 0.133 e. The van der Waals surface area contributed by atoms with Crippen LogP contribution >= 0.6 is 0 Å². The number of hydrogen-bond acceptors (Lipinski definition) is 4. The summed E-state index contributed by atoms with van der Waals surface area (Å²) in [4.78, 5) is 10.1. The molecular formula is C23H32N4. The van der Waals surface area contributed by atoms with Crippen molar-refractivity contribution in [1.82, 2.24) is 15.2 Å². The largest absolute Gasteiger partial charge is 0.356 e. The first-order valence-corrected chi connectivity index (χ1v) is 10.5. The number of benzene rings is 1. The molecule has 0 unspecified atom stereocenters. The van der Waals surface area contributed by atoms with E-state index in [4.69, 9.17) is 4.98 Å². The fourth-order valence-corrected chi connectivity index (χ4v) is 4.42. The van der Waals surface area contributed by atoms with Gasteiger partial charge in [0.15, 0.2) is 0 Å². The number of nitrogens with one attached hydrogen (secondary N) is 1. The van der Waals surface area contributed by atoms with Crippen molar-refractivity contribution in [2.75, 3.05) is 37.6 Å². The van der Waals surface area contributed by atoms with Gasteiger partial charge in [-0.3, -0.25) is 4.90 Å². The van der Waals surface area contributed by atoms with Gasteiger partial charge in [0.2, 0.25) is 0 Å². The highest BCUT2D eigenvalue weighted by atomic mass is 15.2. The summed E-state index contributed by atoms with van der Waals surface area (Å²) in [5.74, 6) is 1.20. The van der Waals surface area contributed by atoms with Crippen LogP contribution in [0.3, 0.4) is 0 Å². The zero-order chi connectivity index (χ0) is 18.5. The van der Waals surface area contributed by atoms with Crippen molar-refractivity contribution < 1.29 is 0 Å². The first kappa shape index (κ1) is 18.5. The smallest absolute Gasteiger partial charge is 0.133 e. The molecule has 4 heteroatoms. The summed E-state index contributed by atoms with van der Waals surface area (Å²) in [5, 5.41) is 5.07. The third-order valence-electron chi connectivity index (χ3n) is 5.99. The molecule has 0 radical (unpaired) electrons. The number of hydrogen-bond donors (Lipinski definition) is 1. The van der Waals surface area contributed by atoms with Crippen LogP contribution in [0.15, 0.2) is 43.0 Å². The fraction of sp³-hybridized carbons (Fsp3) is 0.522. The van der Waals surface area contributed by atoms with Crippen LogP contribution in [0.1, 0.15) is 37.7 Å². The summed E-state index contributed by atoms with van der Waals surface area (Å²) in [6.45, 7) is 10.4. The molecule has 144 valence electrons. The van der Waals surface area contributed by atoms with E-state index in [-0.39, 0.29) is 0 Å². The van der Waals surface area contributed by atoms with Crippen molar-refractivity contribution in [2.24, 2.45) is 0 Å². The fourth-order valence-electron chi connectivity index (χ4n) is 4.42. The molecule has 0 spiro atoms. The lowest BCUT2D eigenvalue weighted by molar-refractivity contribution is 0.214. The third-order valence-corrected chi connectivity index (χ3v) is 5.99. The average molecular weight is 365 g/mol. The van der Waals surface area contributed by atoms with E-state index < -0.39 is 0 Å². The van der Waals surface area contributed by atoms with Crippen LogP contribution in [0.4, 0.5) is 5.82 Å². The van der Waals surface area contributed by atoms with Crippen LogP contribution in [0.25, 0.3) is 10.9 Å². The minimum Gasteiger partial charge on any atom is -0.356 e. The van der Waals surface area contributed by atoms with Crippen LogP contribution < -0.4 is 10.2 Å². The topological polar surface area (TPSA) is 31.4 Å². The predicted octanol–water partition coefficient (Wildman–Crippen LogP) is 3.97. The maximum atomic E-state index is 5.07. The molecule has 2 aliphatic heterocycles. The molecule has 27 heavy (non-hydrogen) atoms. The zero-order valence-electron chi connectivity index (χ0n) is 16.4. The van der Waals surface area contributed by atoms with Crippen LogP contribution in [-0.2, 0) is 6.54 Å². The number of nitrogens with zero attached hydrogens (tertiary/aromatic N) is 3. The molecule has 2 aliphatic rings. The molecule has 0 atom stereocenters. The lowest BCUT2D eigenvalue weighted by Gasteiger charge is -2.33. The van der Waals surface area contributed by atoms with Crippen molar-refractivity contribution >= 4 is 16.7 Å². The first-order valence-electron chi connectivity index (χ1n) is 10.5. The molecule has 1 N–H and O–H groups in total. The summed E-state index contributed by atoms with van der Waals surface area (Å²) >= 11 is 0. The Hall–Kier alpha value is -1.91. The molecule has 2 aromatic rings. The van der Waals surface area contributed by atoms with Gasteiger partial charge in [-0.2, -0.15) is 0 Å². The lowest BCUT2D eigenvalue weighted by Crippen LogP contribution is -2.42. The Bertz CT molecular complexity index is 758. The van der Waals surface area contributed by atoms with Gasteiger partial charge in [0.1, 0.15) is 5.82 Å². The van der Waals surface area contributed by atoms with E-state index in [9.17, 15) is 0 Å². The summed E-state index contributed by atoms with van der Waals surface area (Å²) in [6, 6.07) is 11.5. The van der Waals surface area contributed by atoms with Gasteiger partial charge in [0, 0.05) is 43.2 Å². The Morgan fingerprint density at radius 3 is 2.63 bits per heavy atom. The van der Waals surface area contributed by atoms with E-state index in [1.54, 1.807) is 0 Å². The van der Waals surface area contributed by atoms with E-state index in [0.29, 0.717) is 6.04 Å². The highest BCUT2D eigenvalue weighted by molar-refractivity contribution is 5.81. The van der Waals surface area contributed by atoms with Crippen LogP contribution in [-0.4, -0.2) is 48.6 Å². The van der Waals surface area contributed by atoms with E-state index in [1.807, 2.05) is 6.08 Å². The average Bonchev–Trinajstić information content (AvgIpc) is 2.73. The molecule has 0 aliphatic carbocycles. The van der Waals surface area contributed by atoms with Gasteiger partial charge in [-0.1, -0.05) is 24.3 Å². The summed E-state index contributed by atoms with van der Waals surface area (Å²) in [6.07, 6.45) is 8.36. The van der Waals surface area contributed by atoms with Gasteiger partial charge in [-0.25, -0.2) is 4.98 Å². The number of pyridine rings is 1. The number of para-hydroxylation sites is 1. The van der Waals surface area contributed by atoms with Gasteiger partial charge in [0.25, 0.3) is 0 Å². The highest BCUT2D eigenvalue weighted by Crippen LogP contribution is 2.26. The van der Waals surface area contributed by atoms with Crippen molar-refractivity contribution in [3.05, 3.63) is 48.6 Å².